The van der Waals surface area contributed by atoms with Gasteiger partial charge in [-0.25, -0.2) is 9.97 Å². The summed E-state index contributed by atoms with van der Waals surface area (Å²) in [5, 5.41) is 4.89. The average molecular weight is 376 g/mol. The van der Waals surface area contributed by atoms with Gasteiger partial charge in [0.25, 0.3) is 0 Å². The van der Waals surface area contributed by atoms with Crippen molar-refractivity contribution in [2.24, 2.45) is 5.41 Å². The molecular formula is C17H17N3OS3. The second-order valence-electron chi connectivity index (χ2n) is 6.69. The van der Waals surface area contributed by atoms with Gasteiger partial charge in [-0.15, -0.1) is 11.8 Å². The Morgan fingerprint density at radius 2 is 1.96 bits per heavy atom. The van der Waals surface area contributed by atoms with Crippen molar-refractivity contribution in [2.75, 3.05) is 11.6 Å². The number of hydrogen-bond donors (Lipinski definition) is 1. The summed E-state index contributed by atoms with van der Waals surface area (Å²) in [7, 11) is 0. The first-order chi connectivity index (χ1) is 11.4. The largest absolute Gasteiger partial charge is 0.307 e. The van der Waals surface area contributed by atoms with Crippen molar-refractivity contribution < 1.29 is 4.79 Å². The molecule has 2 heterocycles. The standard InChI is InChI=1S/C17H17N3OS3/c1-17(2)7-9-14(10(21)8-17)24-15(18-9)20-16-19-13-11(22-3)5-4-6-12(13)23-16/h4-6H,7-8H2,1-3H3,(H,18,19,20). The van der Waals surface area contributed by atoms with Crippen LogP contribution >= 0.6 is 34.4 Å². The maximum atomic E-state index is 12.3. The first-order valence-electron chi connectivity index (χ1n) is 7.69. The van der Waals surface area contributed by atoms with Crippen LogP contribution in [0.3, 0.4) is 0 Å². The van der Waals surface area contributed by atoms with Crippen LogP contribution in [0.25, 0.3) is 10.2 Å². The van der Waals surface area contributed by atoms with Crippen LogP contribution in [-0.4, -0.2) is 22.0 Å². The zero-order chi connectivity index (χ0) is 16.9. The summed E-state index contributed by atoms with van der Waals surface area (Å²) in [6.45, 7) is 4.25. The predicted molar refractivity (Wildman–Crippen MR) is 103 cm³/mol. The molecule has 24 heavy (non-hydrogen) atoms. The highest BCUT2D eigenvalue weighted by atomic mass is 32.2. The number of rotatable bonds is 3. The SMILES string of the molecule is CSc1cccc2sc(Nc3nc4c(s3)C(=O)CC(C)(C)C4)nc12. The van der Waals surface area contributed by atoms with Gasteiger partial charge in [0, 0.05) is 11.3 Å². The molecule has 0 atom stereocenters. The molecule has 4 nitrogen and oxygen atoms in total. The van der Waals surface area contributed by atoms with E-state index in [4.69, 9.17) is 4.98 Å². The molecule has 1 aliphatic rings. The van der Waals surface area contributed by atoms with Crippen LogP contribution in [0.15, 0.2) is 23.1 Å². The van der Waals surface area contributed by atoms with Gasteiger partial charge in [-0.2, -0.15) is 0 Å². The monoisotopic (exact) mass is 375 g/mol. The third-order valence-electron chi connectivity index (χ3n) is 4.05. The summed E-state index contributed by atoms with van der Waals surface area (Å²) in [6.07, 6.45) is 3.51. The molecule has 0 bridgehead atoms. The van der Waals surface area contributed by atoms with Gasteiger partial charge in [0.15, 0.2) is 16.0 Å². The van der Waals surface area contributed by atoms with E-state index in [1.807, 2.05) is 0 Å². The van der Waals surface area contributed by atoms with Crippen LogP contribution in [0.1, 0.15) is 35.6 Å². The van der Waals surface area contributed by atoms with Crippen molar-refractivity contribution in [1.29, 1.82) is 0 Å². The molecule has 0 saturated carbocycles. The molecule has 0 unspecified atom stereocenters. The zero-order valence-corrected chi connectivity index (χ0v) is 16.1. The Balaban J connectivity index is 1.66. The fraction of sp³-hybridized carbons (Fsp3) is 0.353. The highest BCUT2D eigenvalue weighted by Crippen LogP contribution is 2.40. The maximum absolute atomic E-state index is 12.3. The van der Waals surface area contributed by atoms with Crippen molar-refractivity contribution in [3.8, 4) is 0 Å². The molecule has 124 valence electrons. The van der Waals surface area contributed by atoms with Crippen LogP contribution < -0.4 is 5.32 Å². The Labute approximate surface area is 152 Å². The van der Waals surface area contributed by atoms with E-state index < -0.39 is 0 Å². The van der Waals surface area contributed by atoms with E-state index in [2.05, 4.69) is 48.6 Å². The number of carbonyl (C=O) groups is 1. The van der Waals surface area contributed by atoms with E-state index in [1.165, 1.54) is 16.2 Å². The number of nitrogens with one attached hydrogen (secondary N) is 1. The molecule has 1 aliphatic carbocycles. The lowest BCUT2D eigenvalue weighted by atomic mass is 9.78. The maximum Gasteiger partial charge on any atom is 0.190 e. The van der Waals surface area contributed by atoms with Crippen molar-refractivity contribution in [2.45, 2.75) is 31.6 Å². The fourth-order valence-electron chi connectivity index (χ4n) is 3.01. The number of thioether (sulfide) groups is 1. The molecule has 0 saturated heterocycles. The highest BCUT2D eigenvalue weighted by molar-refractivity contribution is 7.98. The summed E-state index contributed by atoms with van der Waals surface area (Å²) < 4.78 is 1.16. The van der Waals surface area contributed by atoms with Gasteiger partial charge in [-0.1, -0.05) is 42.6 Å². The van der Waals surface area contributed by atoms with Crippen molar-refractivity contribution >= 4 is 60.7 Å². The average Bonchev–Trinajstić information content (AvgIpc) is 3.09. The van der Waals surface area contributed by atoms with E-state index in [1.54, 1.807) is 23.1 Å². The zero-order valence-electron chi connectivity index (χ0n) is 13.7. The van der Waals surface area contributed by atoms with E-state index in [0.29, 0.717) is 6.42 Å². The van der Waals surface area contributed by atoms with E-state index in [0.717, 1.165) is 37.5 Å². The van der Waals surface area contributed by atoms with Crippen LogP contribution in [0.4, 0.5) is 10.3 Å². The Kier molecular flexibility index (Phi) is 3.89. The second-order valence-corrected chi connectivity index (χ2v) is 9.56. The number of thiazole rings is 2. The lowest BCUT2D eigenvalue weighted by Gasteiger charge is -2.26. The van der Waals surface area contributed by atoms with Crippen LogP contribution in [0, 0.1) is 5.41 Å². The molecule has 1 N–H and O–H groups in total. The minimum atomic E-state index is -0.00145. The number of ketones is 1. The van der Waals surface area contributed by atoms with Gasteiger partial charge >= 0.3 is 0 Å². The lowest BCUT2D eigenvalue weighted by Crippen LogP contribution is -2.25. The number of aromatic nitrogens is 2. The minimum absolute atomic E-state index is 0.00145. The van der Waals surface area contributed by atoms with E-state index in [-0.39, 0.29) is 11.2 Å². The Morgan fingerprint density at radius 3 is 2.75 bits per heavy atom. The van der Waals surface area contributed by atoms with Crippen molar-refractivity contribution in [3.05, 3.63) is 28.8 Å². The molecule has 0 amide bonds. The molecule has 7 heteroatoms. The molecule has 0 fully saturated rings. The summed E-state index contributed by atoms with van der Waals surface area (Å²) >= 11 is 4.76. The van der Waals surface area contributed by atoms with Crippen molar-refractivity contribution in [1.82, 2.24) is 9.97 Å². The molecule has 1 aromatic carbocycles. The lowest BCUT2D eigenvalue weighted by molar-refractivity contribution is 0.0916. The van der Waals surface area contributed by atoms with Gasteiger partial charge in [0.2, 0.25) is 0 Å². The number of benzene rings is 1. The van der Waals surface area contributed by atoms with Crippen LogP contribution in [0.5, 0.6) is 0 Å². The smallest absolute Gasteiger partial charge is 0.190 e. The van der Waals surface area contributed by atoms with Crippen molar-refractivity contribution in [3.63, 3.8) is 0 Å². The topological polar surface area (TPSA) is 54.9 Å². The van der Waals surface area contributed by atoms with E-state index >= 15 is 0 Å². The summed E-state index contributed by atoms with van der Waals surface area (Å²) in [4.78, 5) is 23.7. The molecule has 2 aromatic heterocycles. The molecule has 0 radical (unpaired) electrons. The number of hydrogen-bond acceptors (Lipinski definition) is 7. The molecule has 0 spiro atoms. The van der Waals surface area contributed by atoms with Crippen LogP contribution in [-0.2, 0) is 6.42 Å². The fourth-order valence-corrected chi connectivity index (χ4v) is 5.51. The van der Waals surface area contributed by atoms with Gasteiger partial charge in [0.05, 0.1) is 20.8 Å². The minimum Gasteiger partial charge on any atom is -0.307 e. The van der Waals surface area contributed by atoms with Gasteiger partial charge in [0.1, 0.15) is 0 Å². The Bertz CT molecular complexity index is 942. The number of Topliss-reactive ketones (excluding diaryl/α,β-unsaturated/α-hetero) is 1. The number of carbonyl (C=O) groups excluding carboxylic acids is 1. The number of nitrogens with zero attached hydrogens (tertiary/aromatic N) is 2. The van der Waals surface area contributed by atoms with Crippen LogP contribution in [0.2, 0.25) is 0 Å². The quantitative estimate of drug-likeness (QED) is 0.623. The van der Waals surface area contributed by atoms with Gasteiger partial charge < -0.3 is 5.32 Å². The van der Waals surface area contributed by atoms with Gasteiger partial charge in [-0.3, -0.25) is 4.79 Å². The van der Waals surface area contributed by atoms with Gasteiger partial charge in [-0.05, 0) is 30.2 Å². The third kappa shape index (κ3) is 2.85. The number of fused-ring (bicyclic) bond motifs is 2. The summed E-state index contributed by atoms with van der Waals surface area (Å²) in [5.74, 6) is 0.209. The first kappa shape index (κ1) is 16.1. The number of para-hydroxylation sites is 1. The Morgan fingerprint density at radius 1 is 1.17 bits per heavy atom. The first-order valence-corrected chi connectivity index (χ1v) is 10.5. The third-order valence-corrected chi connectivity index (χ3v) is 6.81. The normalized spacial score (nSPS) is 16.4. The Hall–Kier alpha value is -1.44. The summed E-state index contributed by atoms with van der Waals surface area (Å²) in [6, 6.07) is 6.22. The van der Waals surface area contributed by atoms with E-state index in [9.17, 15) is 4.79 Å². The molecular weight excluding hydrogens is 358 g/mol. The predicted octanol–water partition coefficient (Wildman–Crippen LogP) is 5.37. The number of anilines is 2. The summed E-state index contributed by atoms with van der Waals surface area (Å²) in [5.41, 5.74) is 1.95. The molecule has 4 rings (SSSR count). The second kappa shape index (κ2) is 5.82. The highest BCUT2D eigenvalue weighted by Gasteiger charge is 2.34. The molecule has 3 aromatic rings. The molecule has 0 aliphatic heterocycles.